The summed E-state index contributed by atoms with van der Waals surface area (Å²) in [6.07, 6.45) is 0. The Kier molecular flexibility index (Phi) is 2.78. The highest BCUT2D eigenvalue weighted by Gasteiger charge is 2.13. The first-order chi connectivity index (χ1) is 6.07. The molecule has 0 bridgehead atoms. The molecule has 4 heteroatoms. The number of carbonyl (C=O) groups excluding carboxylic acids is 1. The van der Waals surface area contributed by atoms with Crippen LogP contribution in [-0.4, -0.2) is 13.1 Å². The molecule has 1 rings (SSSR count). The van der Waals surface area contributed by atoms with Gasteiger partial charge < -0.3 is 10.5 Å². The standard InChI is InChI=1S/C9H10ClNO2/c1-5-3-4-6(9(12)13-2)8(11)7(5)10/h3-4H,11H2,1-2H3. The summed E-state index contributed by atoms with van der Waals surface area (Å²) in [5, 5.41) is 0.405. The predicted octanol–water partition coefficient (Wildman–Crippen LogP) is 2.02. The fourth-order valence-corrected chi connectivity index (χ4v) is 1.15. The molecule has 0 radical (unpaired) electrons. The summed E-state index contributed by atoms with van der Waals surface area (Å²) < 4.78 is 4.53. The summed E-state index contributed by atoms with van der Waals surface area (Å²) in [5.41, 5.74) is 7.04. The van der Waals surface area contributed by atoms with Gasteiger partial charge in [0.15, 0.2) is 0 Å². The summed E-state index contributed by atoms with van der Waals surface area (Å²) in [5.74, 6) is -0.473. The van der Waals surface area contributed by atoms with E-state index < -0.39 is 5.97 Å². The average Bonchev–Trinajstić information content (AvgIpc) is 2.13. The zero-order chi connectivity index (χ0) is 10.0. The first-order valence-corrected chi connectivity index (χ1v) is 4.08. The molecule has 0 spiro atoms. The van der Waals surface area contributed by atoms with E-state index in [0.29, 0.717) is 10.6 Å². The molecule has 0 saturated heterocycles. The van der Waals surface area contributed by atoms with Gasteiger partial charge in [-0.3, -0.25) is 0 Å². The second-order valence-corrected chi connectivity index (χ2v) is 3.03. The van der Waals surface area contributed by atoms with Crippen molar-refractivity contribution in [2.24, 2.45) is 0 Å². The van der Waals surface area contributed by atoms with Crippen molar-refractivity contribution in [1.29, 1.82) is 0 Å². The fraction of sp³-hybridized carbons (Fsp3) is 0.222. The third-order valence-corrected chi connectivity index (χ3v) is 2.28. The van der Waals surface area contributed by atoms with E-state index in [0.717, 1.165) is 5.56 Å². The molecule has 2 N–H and O–H groups in total. The molecule has 1 aromatic rings. The molecule has 0 amide bonds. The van der Waals surface area contributed by atoms with Gasteiger partial charge in [0.2, 0.25) is 0 Å². The smallest absolute Gasteiger partial charge is 0.340 e. The van der Waals surface area contributed by atoms with Gasteiger partial charge in [-0.05, 0) is 18.6 Å². The van der Waals surface area contributed by atoms with E-state index in [9.17, 15) is 4.79 Å². The van der Waals surface area contributed by atoms with E-state index >= 15 is 0 Å². The quantitative estimate of drug-likeness (QED) is 0.556. The Hall–Kier alpha value is -1.22. The van der Waals surface area contributed by atoms with Crippen molar-refractivity contribution in [3.63, 3.8) is 0 Å². The molecule has 0 aliphatic heterocycles. The van der Waals surface area contributed by atoms with Crippen molar-refractivity contribution < 1.29 is 9.53 Å². The number of halogens is 1. The second kappa shape index (κ2) is 3.66. The topological polar surface area (TPSA) is 52.3 Å². The number of anilines is 1. The van der Waals surface area contributed by atoms with Crippen molar-refractivity contribution in [2.45, 2.75) is 6.92 Å². The minimum atomic E-state index is -0.473. The third kappa shape index (κ3) is 1.75. The SMILES string of the molecule is COC(=O)c1ccc(C)c(Cl)c1N. The van der Waals surface area contributed by atoms with Gasteiger partial charge >= 0.3 is 5.97 Å². The molecule has 1 aromatic carbocycles. The molecule has 0 heterocycles. The molecule has 0 saturated carbocycles. The normalized spacial score (nSPS) is 9.77. The minimum absolute atomic E-state index is 0.272. The number of ether oxygens (including phenoxy) is 1. The summed E-state index contributed by atoms with van der Waals surface area (Å²) in [7, 11) is 1.30. The van der Waals surface area contributed by atoms with E-state index in [1.807, 2.05) is 6.92 Å². The summed E-state index contributed by atoms with van der Waals surface area (Å²) >= 11 is 5.85. The number of hydrogen-bond donors (Lipinski definition) is 1. The van der Waals surface area contributed by atoms with E-state index in [4.69, 9.17) is 17.3 Å². The number of methoxy groups -OCH3 is 1. The number of hydrogen-bond acceptors (Lipinski definition) is 3. The van der Waals surface area contributed by atoms with Gasteiger partial charge in [0.25, 0.3) is 0 Å². The highest BCUT2D eigenvalue weighted by molar-refractivity contribution is 6.34. The van der Waals surface area contributed by atoms with Crippen molar-refractivity contribution in [3.05, 3.63) is 28.3 Å². The van der Waals surface area contributed by atoms with E-state index in [1.54, 1.807) is 12.1 Å². The lowest BCUT2D eigenvalue weighted by atomic mass is 10.1. The molecular weight excluding hydrogens is 190 g/mol. The van der Waals surface area contributed by atoms with Gasteiger partial charge in [0.05, 0.1) is 23.4 Å². The Morgan fingerprint density at radius 2 is 2.15 bits per heavy atom. The lowest BCUT2D eigenvalue weighted by molar-refractivity contribution is 0.0602. The van der Waals surface area contributed by atoms with E-state index in [1.165, 1.54) is 7.11 Å². The van der Waals surface area contributed by atoms with Crippen LogP contribution in [0.25, 0.3) is 0 Å². The Morgan fingerprint density at radius 1 is 1.54 bits per heavy atom. The van der Waals surface area contributed by atoms with Crippen molar-refractivity contribution >= 4 is 23.3 Å². The monoisotopic (exact) mass is 199 g/mol. The minimum Gasteiger partial charge on any atom is -0.465 e. The maximum absolute atomic E-state index is 11.1. The molecule has 13 heavy (non-hydrogen) atoms. The Labute approximate surface area is 81.4 Å². The Bertz CT molecular complexity index is 350. The number of nitrogen functional groups attached to an aromatic ring is 1. The van der Waals surface area contributed by atoms with Crippen LogP contribution in [0.2, 0.25) is 5.02 Å². The molecule has 0 aromatic heterocycles. The van der Waals surface area contributed by atoms with Crippen molar-refractivity contribution in [1.82, 2.24) is 0 Å². The molecule has 0 atom stereocenters. The van der Waals surface area contributed by atoms with Crippen LogP contribution in [0.15, 0.2) is 12.1 Å². The number of benzene rings is 1. The van der Waals surface area contributed by atoms with Crippen LogP contribution in [0.3, 0.4) is 0 Å². The lowest BCUT2D eigenvalue weighted by Crippen LogP contribution is -2.06. The number of carbonyl (C=O) groups is 1. The molecule has 0 aliphatic carbocycles. The predicted molar refractivity (Wildman–Crippen MR) is 51.9 cm³/mol. The van der Waals surface area contributed by atoms with Crippen LogP contribution in [0, 0.1) is 6.92 Å². The van der Waals surface area contributed by atoms with Crippen molar-refractivity contribution in [2.75, 3.05) is 12.8 Å². The maximum atomic E-state index is 11.1. The van der Waals surface area contributed by atoms with Crippen molar-refractivity contribution in [3.8, 4) is 0 Å². The van der Waals surface area contributed by atoms with Crippen LogP contribution in [0.4, 0.5) is 5.69 Å². The number of esters is 1. The molecule has 0 aliphatic rings. The zero-order valence-electron chi connectivity index (χ0n) is 7.43. The highest BCUT2D eigenvalue weighted by Crippen LogP contribution is 2.26. The average molecular weight is 200 g/mol. The first kappa shape index (κ1) is 9.86. The zero-order valence-corrected chi connectivity index (χ0v) is 8.18. The van der Waals surface area contributed by atoms with Gasteiger partial charge in [-0.2, -0.15) is 0 Å². The molecule has 0 fully saturated rings. The molecule has 70 valence electrons. The summed E-state index contributed by atoms with van der Waals surface area (Å²) in [4.78, 5) is 11.1. The number of aryl methyl sites for hydroxylation is 1. The van der Waals surface area contributed by atoms with Crippen LogP contribution in [0.5, 0.6) is 0 Å². The number of nitrogens with two attached hydrogens (primary N) is 1. The lowest BCUT2D eigenvalue weighted by Gasteiger charge is -2.06. The highest BCUT2D eigenvalue weighted by atomic mass is 35.5. The summed E-state index contributed by atoms with van der Waals surface area (Å²) in [6, 6.07) is 3.33. The van der Waals surface area contributed by atoms with Gasteiger partial charge in [-0.1, -0.05) is 17.7 Å². The fourth-order valence-electron chi connectivity index (χ4n) is 0.990. The van der Waals surface area contributed by atoms with E-state index in [-0.39, 0.29) is 5.69 Å². The molecule has 3 nitrogen and oxygen atoms in total. The Balaban J connectivity index is 3.26. The van der Waals surface area contributed by atoms with Gasteiger partial charge in [0, 0.05) is 0 Å². The van der Waals surface area contributed by atoms with Crippen LogP contribution in [0.1, 0.15) is 15.9 Å². The second-order valence-electron chi connectivity index (χ2n) is 2.65. The van der Waals surface area contributed by atoms with Gasteiger partial charge in [-0.25, -0.2) is 4.79 Å². The largest absolute Gasteiger partial charge is 0.465 e. The van der Waals surface area contributed by atoms with E-state index in [2.05, 4.69) is 4.74 Å². The Morgan fingerprint density at radius 3 is 2.69 bits per heavy atom. The first-order valence-electron chi connectivity index (χ1n) is 3.70. The van der Waals surface area contributed by atoms with Crippen LogP contribution >= 0.6 is 11.6 Å². The van der Waals surface area contributed by atoms with Crippen LogP contribution in [-0.2, 0) is 4.74 Å². The number of rotatable bonds is 1. The maximum Gasteiger partial charge on any atom is 0.340 e. The molecular formula is C9H10ClNO2. The molecule has 0 unspecified atom stereocenters. The third-order valence-electron chi connectivity index (χ3n) is 1.78. The summed E-state index contributed by atoms with van der Waals surface area (Å²) in [6.45, 7) is 1.82. The van der Waals surface area contributed by atoms with Gasteiger partial charge in [-0.15, -0.1) is 0 Å². The van der Waals surface area contributed by atoms with Crippen LogP contribution < -0.4 is 5.73 Å². The van der Waals surface area contributed by atoms with Gasteiger partial charge in [0.1, 0.15) is 0 Å².